The fraction of sp³-hybridized carbons (Fsp3) is 0.364. The average Bonchev–Trinajstić information content (AvgIpc) is 2.73. The van der Waals surface area contributed by atoms with E-state index in [4.69, 9.17) is 9.47 Å². The minimum atomic E-state index is -0.174. The molecule has 5 nitrogen and oxygen atoms in total. The van der Waals surface area contributed by atoms with Gasteiger partial charge in [-0.25, -0.2) is 5.43 Å². The molecule has 1 aliphatic carbocycles. The van der Waals surface area contributed by atoms with E-state index in [1.54, 1.807) is 12.1 Å². The summed E-state index contributed by atoms with van der Waals surface area (Å²) in [5.41, 5.74) is 5.36. The highest BCUT2D eigenvalue weighted by Crippen LogP contribution is 2.19. The molecule has 0 saturated heterocycles. The van der Waals surface area contributed by atoms with Gasteiger partial charge in [0.2, 0.25) is 0 Å². The van der Waals surface area contributed by atoms with E-state index in [1.807, 2.05) is 43.3 Å². The number of nitrogens with one attached hydrogen (secondary N) is 1. The number of hydrogen-bond acceptors (Lipinski definition) is 4. The summed E-state index contributed by atoms with van der Waals surface area (Å²) in [7, 11) is 0. The van der Waals surface area contributed by atoms with Crippen molar-refractivity contribution in [1.29, 1.82) is 0 Å². The van der Waals surface area contributed by atoms with E-state index >= 15 is 0 Å². The number of carbonyl (C=O) groups is 1. The van der Waals surface area contributed by atoms with E-state index < -0.39 is 0 Å². The zero-order valence-corrected chi connectivity index (χ0v) is 15.7. The van der Waals surface area contributed by atoms with Crippen molar-refractivity contribution in [1.82, 2.24) is 5.43 Å². The molecule has 5 heteroatoms. The molecular weight excluding hydrogens is 340 g/mol. The average molecular weight is 366 g/mol. The van der Waals surface area contributed by atoms with Gasteiger partial charge in [-0.1, -0.05) is 18.6 Å². The van der Waals surface area contributed by atoms with Crippen LogP contribution in [-0.2, 0) is 6.61 Å². The Kier molecular flexibility index (Phi) is 6.85. The Labute approximate surface area is 160 Å². The predicted molar refractivity (Wildman–Crippen MR) is 106 cm³/mol. The molecule has 0 heterocycles. The van der Waals surface area contributed by atoms with E-state index in [0.29, 0.717) is 18.8 Å². The molecule has 142 valence electrons. The maximum Gasteiger partial charge on any atom is 0.271 e. The molecule has 0 aromatic heterocycles. The van der Waals surface area contributed by atoms with Crippen LogP contribution in [0.4, 0.5) is 0 Å². The van der Waals surface area contributed by atoms with Crippen LogP contribution in [0.5, 0.6) is 11.5 Å². The number of carbonyl (C=O) groups excluding carboxylic acids is 1. The molecular formula is C22H26N2O3. The fourth-order valence-corrected chi connectivity index (χ4v) is 2.98. The van der Waals surface area contributed by atoms with Crippen molar-refractivity contribution in [2.45, 2.75) is 45.6 Å². The second kappa shape index (κ2) is 9.76. The normalized spacial score (nSPS) is 13.7. The van der Waals surface area contributed by atoms with Crippen LogP contribution in [0.25, 0.3) is 0 Å². The van der Waals surface area contributed by atoms with Gasteiger partial charge in [-0.3, -0.25) is 4.79 Å². The first-order valence-corrected chi connectivity index (χ1v) is 9.55. The lowest BCUT2D eigenvalue weighted by atomic mass is 9.99. The Balaban J connectivity index is 1.49. The zero-order chi connectivity index (χ0) is 18.9. The van der Waals surface area contributed by atoms with Crippen LogP contribution in [0.2, 0.25) is 0 Å². The van der Waals surface area contributed by atoms with Gasteiger partial charge in [-0.2, -0.15) is 5.10 Å². The Morgan fingerprint density at radius 2 is 1.56 bits per heavy atom. The molecule has 0 spiro atoms. The number of hydrazone groups is 1. The second-order valence-corrected chi connectivity index (χ2v) is 6.57. The zero-order valence-electron chi connectivity index (χ0n) is 15.7. The summed E-state index contributed by atoms with van der Waals surface area (Å²) in [6.07, 6.45) is 5.56. The lowest BCUT2D eigenvalue weighted by molar-refractivity contribution is 0.0954. The third-order valence-corrected chi connectivity index (χ3v) is 4.50. The van der Waals surface area contributed by atoms with Crippen molar-refractivity contribution >= 4 is 11.6 Å². The molecule has 27 heavy (non-hydrogen) atoms. The largest absolute Gasteiger partial charge is 0.494 e. The van der Waals surface area contributed by atoms with E-state index in [0.717, 1.165) is 48.5 Å². The molecule has 0 bridgehead atoms. The summed E-state index contributed by atoms with van der Waals surface area (Å²) >= 11 is 0. The SMILES string of the molecule is CCOc1ccc(OCc2ccc(C(=O)NN=C3CCCCC3)cc2)cc1. The van der Waals surface area contributed by atoms with Crippen LogP contribution in [0.15, 0.2) is 53.6 Å². The van der Waals surface area contributed by atoms with Crippen LogP contribution in [-0.4, -0.2) is 18.2 Å². The molecule has 1 saturated carbocycles. The third kappa shape index (κ3) is 5.84. The number of hydrogen-bond donors (Lipinski definition) is 1. The quantitative estimate of drug-likeness (QED) is 0.722. The van der Waals surface area contributed by atoms with E-state index in [2.05, 4.69) is 10.5 Å². The standard InChI is InChI=1S/C22H26N2O3/c1-2-26-20-12-14-21(15-13-20)27-16-17-8-10-18(11-9-17)22(25)24-23-19-6-4-3-5-7-19/h8-15H,2-7,16H2,1H3,(H,24,25). The molecule has 1 N–H and O–H groups in total. The summed E-state index contributed by atoms with van der Waals surface area (Å²) < 4.78 is 11.2. The van der Waals surface area contributed by atoms with Crippen molar-refractivity contribution in [2.75, 3.05) is 6.61 Å². The lowest BCUT2D eigenvalue weighted by Gasteiger charge is -2.12. The second-order valence-electron chi connectivity index (χ2n) is 6.57. The maximum atomic E-state index is 12.2. The highest BCUT2D eigenvalue weighted by molar-refractivity contribution is 5.95. The van der Waals surface area contributed by atoms with Gasteiger partial charge < -0.3 is 9.47 Å². The van der Waals surface area contributed by atoms with Gasteiger partial charge in [-0.05, 0) is 74.6 Å². The predicted octanol–water partition coefficient (Wildman–Crippen LogP) is 4.71. The van der Waals surface area contributed by atoms with Crippen LogP contribution in [0.1, 0.15) is 54.9 Å². The van der Waals surface area contributed by atoms with Gasteiger partial charge in [0, 0.05) is 11.3 Å². The van der Waals surface area contributed by atoms with Gasteiger partial charge in [-0.15, -0.1) is 0 Å². The van der Waals surface area contributed by atoms with Crippen LogP contribution >= 0.6 is 0 Å². The van der Waals surface area contributed by atoms with E-state index in [1.165, 1.54) is 6.42 Å². The molecule has 1 aliphatic rings. The fourth-order valence-electron chi connectivity index (χ4n) is 2.98. The van der Waals surface area contributed by atoms with Crippen molar-refractivity contribution in [3.63, 3.8) is 0 Å². The summed E-state index contributed by atoms with van der Waals surface area (Å²) in [5.74, 6) is 1.44. The number of amides is 1. The van der Waals surface area contributed by atoms with Crippen LogP contribution in [0, 0.1) is 0 Å². The van der Waals surface area contributed by atoms with Crippen molar-refractivity contribution < 1.29 is 14.3 Å². The van der Waals surface area contributed by atoms with Gasteiger partial charge >= 0.3 is 0 Å². The van der Waals surface area contributed by atoms with Gasteiger partial charge in [0.1, 0.15) is 18.1 Å². The van der Waals surface area contributed by atoms with E-state index in [-0.39, 0.29) is 5.91 Å². The minimum Gasteiger partial charge on any atom is -0.494 e. The number of benzene rings is 2. The molecule has 1 fully saturated rings. The summed E-state index contributed by atoms with van der Waals surface area (Å²) in [4.78, 5) is 12.2. The Bertz CT molecular complexity index is 759. The third-order valence-electron chi connectivity index (χ3n) is 4.50. The molecule has 0 atom stereocenters. The lowest BCUT2D eigenvalue weighted by Crippen LogP contribution is -2.20. The molecule has 3 rings (SSSR count). The Morgan fingerprint density at radius 3 is 2.19 bits per heavy atom. The Hall–Kier alpha value is -2.82. The highest BCUT2D eigenvalue weighted by atomic mass is 16.5. The minimum absolute atomic E-state index is 0.174. The van der Waals surface area contributed by atoms with E-state index in [9.17, 15) is 4.79 Å². The topological polar surface area (TPSA) is 59.9 Å². The summed E-state index contributed by atoms with van der Waals surface area (Å²) in [6, 6.07) is 14.9. The van der Waals surface area contributed by atoms with Crippen molar-refractivity contribution in [2.24, 2.45) is 5.10 Å². The molecule has 0 radical (unpaired) electrons. The first-order valence-electron chi connectivity index (χ1n) is 9.55. The molecule has 0 aliphatic heterocycles. The van der Waals surface area contributed by atoms with Crippen molar-refractivity contribution in [3.8, 4) is 11.5 Å². The first kappa shape index (κ1) is 19.0. The van der Waals surface area contributed by atoms with Gasteiger partial charge in [0.05, 0.1) is 6.61 Å². The van der Waals surface area contributed by atoms with Gasteiger partial charge in [0.15, 0.2) is 0 Å². The maximum absolute atomic E-state index is 12.2. The van der Waals surface area contributed by atoms with Crippen LogP contribution < -0.4 is 14.9 Å². The molecule has 2 aromatic carbocycles. The first-order chi connectivity index (χ1) is 13.2. The number of rotatable bonds is 7. The van der Waals surface area contributed by atoms with Crippen LogP contribution in [0.3, 0.4) is 0 Å². The number of ether oxygens (including phenoxy) is 2. The molecule has 2 aromatic rings. The smallest absolute Gasteiger partial charge is 0.271 e. The summed E-state index contributed by atoms with van der Waals surface area (Å²) in [6.45, 7) is 3.04. The highest BCUT2D eigenvalue weighted by Gasteiger charge is 2.09. The number of nitrogens with zero attached hydrogens (tertiary/aromatic N) is 1. The Morgan fingerprint density at radius 1 is 0.926 bits per heavy atom. The monoisotopic (exact) mass is 366 g/mol. The molecule has 0 unspecified atom stereocenters. The van der Waals surface area contributed by atoms with Crippen molar-refractivity contribution in [3.05, 3.63) is 59.7 Å². The summed E-state index contributed by atoms with van der Waals surface area (Å²) in [5, 5.41) is 4.26. The van der Waals surface area contributed by atoms with Gasteiger partial charge in [0.25, 0.3) is 5.91 Å². The molecule has 1 amide bonds.